The van der Waals surface area contributed by atoms with E-state index in [-0.39, 0.29) is 0 Å². The molecule has 1 aromatic heterocycles. The van der Waals surface area contributed by atoms with E-state index in [1.54, 1.807) is 24.5 Å². The maximum Gasteiger partial charge on any atom is 0.166 e. The predicted octanol–water partition coefficient (Wildman–Crippen LogP) is 2.40. The third-order valence-corrected chi connectivity index (χ3v) is 2.82. The molecule has 2 aromatic rings. The summed E-state index contributed by atoms with van der Waals surface area (Å²) in [6.07, 6.45) is 3.36. The van der Waals surface area contributed by atoms with Gasteiger partial charge in [-0.1, -0.05) is 6.07 Å². The Kier molecular flexibility index (Phi) is 3.36. The summed E-state index contributed by atoms with van der Waals surface area (Å²) in [5.41, 5.74) is 6.38. The van der Waals surface area contributed by atoms with Crippen molar-refractivity contribution in [1.82, 2.24) is 9.97 Å². The van der Waals surface area contributed by atoms with Gasteiger partial charge in [0.1, 0.15) is 12.4 Å². The van der Waals surface area contributed by atoms with Crippen molar-refractivity contribution in [1.29, 1.82) is 0 Å². The number of hydrogen-bond acceptors (Lipinski definition) is 4. The SMILES string of the molecule is Nc1cccc(OCc2ncccn2)c1Br. The van der Waals surface area contributed by atoms with Crippen LogP contribution in [0.5, 0.6) is 5.75 Å². The molecule has 0 radical (unpaired) electrons. The normalized spacial score (nSPS) is 10.1. The number of halogens is 1. The van der Waals surface area contributed by atoms with E-state index in [1.807, 2.05) is 12.1 Å². The van der Waals surface area contributed by atoms with Crippen LogP contribution in [0.15, 0.2) is 41.1 Å². The second kappa shape index (κ2) is 4.94. The number of ether oxygens (including phenoxy) is 1. The Hall–Kier alpha value is -1.62. The topological polar surface area (TPSA) is 61.0 Å². The Balaban J connectivity index is 2.08. The minimum Gasteiger partial charge on any atom is -0.484 e. The highest BCUT2D eigenvalue weighted by Gasteiger charge is 2.04. The molecule has 0 aliphatic heterocycles. The van der Waals surface area contributed by atoms with Gasteiger partial charge in [-0.15, -0.1) is 0 Å². The Morgan fingerprint density at radius 3 is 2.69 bits per heavy atom. The summed E-state index contributed by atoms with van der Waals surface area (Å²) in [4.78, 5) is 8.13. The second-order valence-corrected chi connectivity index (χ2v) is 3.91. The zero-order valence-electron chi connectivity index (χ0n) is 8.43. The van der Waals surface area contributed by atoms with Crippen LogP contribution in [0, 0.1) is 0 Å². The first-order valence-electron chi connectivity index (χ1n) is 4.70. The minimum atomic E-state index is 0.322. The van der Waals surface area contributed by atoms with Gasteiger partial charge in [-0.25, -0.2) is 9.97 Å². The van der Waals surface area contributed by atoms with Crippen molar-refractivity contribution < 1.29 is 4.74 Å². The largest absolute Gasteiger partial charge is 0.484 e. The van der Waals surface area contributed by atoms with E-state index >= 15 is 0 Å². The molecule has 0 bridgehead atoms. The molecule has 0 fully saturated rings. The minimum absolute atomic E-state index is 0.322. The number of rotatable bonds is 3. The Morgan fingerprint density at radius 1 is 1.19 bits per heavy atom. The van der Waals surface area contributed by atoms with Crippen LogP contribution in [0.2, 0.25) is 0 Å². The Labute approximate surface area is 102 Å². The monoisotopic (exact) mass is 279 g/mol. The van der Waals surface area contributed by atoms with Crippen molar-refractivity contribution in [2.45, 2.75) is 6.61 Å². The van der Waals surface area contributed by atoms with Crippen LogP contribution in [0.4, 0.5) is 5.69 Å². The fourth-order valence-electron chi connectivity index (χ4n) is 1.19. The van der Waals surface area contributed by atoms with Crippen LogP contribution in [0.3, 0.4) is 0 Å². The number of nitrogens with two attached hydrogens (primary N) is 1. The second-order valence-electron chi connectivity index (χ2n) is 3.11. The fourth-order valence-corrected chi connectivity index (χ4v) is 1.56. The molecule has 1 heterocycles. The lowest BCUT2D eigenvalue weighted by atomic mass is 10.3. The summed E-state index contributed by atoms with van der Waals surface area (Å²) in [7, 11) is 0. The van der Waals surface area contributed by atoms with Crippen LogP contribution in [-0.4, -0.2) is 9.97 Å². The average molecular weight is 280 g/mol. The zero-order valence-corrected chi connectivity index (χ0v) is 10.0. The van der Waals surface area contributed by atoms with Gasteiger partial charge in [0.15, 0.2) is 5.82 Å². The molecule has 0 saturated carbocycles. The van der Waals surface area contributed by atoms with E-state index in [9.17, 15) is 0 Å². The highest BCUT2D eigenvalue weighted by Crippen LogP contribution is 2.30. The summed E-state index contributed by atoms with van der Waals surface area (Å²) in [5, 5.41) is 0. The van der Waals surface area contributed by atoms with E-state index in [0.29, 0.717) is 23.9 Å². The van der Waals surface area contributed by atoms with E-state index in [1.165, 1.54) is 0 Å². The number of hydrogen-bond donors (Lipinski definition) is 1. The molecule has 2 N–H and O–H groups in total. The lowest BCUT2D eigenvalue weighted by molar-refractivity contribution is 0.294. The van der Waals surface area contributed by atoms with Gasteiger partial charge < -0.3 is 10.5 Å². The zero-order chi connectivity index (χ0) is 11.4. The molecule has 2 rings (SSSR count). The molecule has 16 heavy (non-hydrogen) atoms. The quantitative estimate of drug-likeness (QED) is 0.877. The first-order valence-corrected chi connectivity index (χ1v) is 5.49. The smallest absolute Gasteiger partial charge is 0.166 e. The maximum atomic E-state index is 5.73. The van der Waals surface area contributed by atoms with E-state index < -0.39 is 0 Å². The van der Waals surface area contributed by atoms with Gasteiger partial charge in [-0.05, 0) is 34.1 Å². The highest BCUT2D eigenvalue weighted by atomic mass is 79.9. The molecule has 0 aliphatic rings. The highest BCUT2D eigenvalue weighted by molar-refractivity contribution is 9.10. The molecular weight excluding hydrogens is 270 g/mol. The molecule has 0 aliphatic carbocycles. The van der Waals surface area contributed by atoms with E-state index in [0.717, 1.165) is 4.47 Å². The van der Waals surface area contributed by atoms with Crippen molar-refractivity contribution in [3.63, 3.8) is 0 Å². The van der Waals surface area contributed by atoms with Crippen molar-refractivity contribution in [3.05, 3.63) is 47.0 Å². The number of nitrogens with zero attached hydrogens (tertiary/aromatic N) is 2. The van der Waals surface area contributed by atoms with Crippen molar-refractivity contribution in [2.24, 2.45) is 0 Å². The third kappa shape index (κ3) is 2.49. The van der Waals surface area contributed by atoms with Gasteiger partial charge in [0, 0.05) is 18.1 Å². The Bertz CT molecular complexity index is 476. The van der Waals surface area contributed by atoms with E-state index in [4.69, 9.17) is 10.5 Å². The number of nitrogen functional groups attached to an aromatic ring is 1. The van der Waals surface area contributed by atoms with Gasteiger partial charge >= 0.3 is 0 Å². The van der Waals surface area contributed by atoms with E-state index in [2.05, 4.69) is 25.9 Å². The van der Waals surface area contributed by atoms with Crippen LogP contribution in [-0.2, 0) is 6.61 Å². The first-order chi connectivity index (χ1) is 7.77. The molecule has 5 heteroatoms. The molecule has 0 unspecified atom stereocenters. The van der Waals surface area contributed by atoms with Gasteiger partial charge in [0.2, 0.25) is 0 Å². The van der Waals surface area contributed by atoms with Gasteiger partial charge in [-0.3, -0.25) is 0 Å². The standard InChI is InChI=1S/C11H10BrN3O/c12-11-8(13)3-1-4-9(11)16-7-10-14-5-2-6-15-10/h1-6H,7,13H2. The molecule has 0 spiro atoms. The third-order valence-electron chi connectivity index (χ3n) is 1.97. The van der Waals surface area contributed by atoms with Crippen molar-refractivity contribution >= 4 is 21.6 Å². The number of aromatic nitrogens is 2. The number of benzene rings is 1. The Morgan fingerprint density at radius 2 is 1.94 bits per heavy atom. The van der Waals surface area contributed by atoms with Gasteiger partial charge in [-0.2, -0.15) is 0 Å². The number of anilines is 1. The van der Waals surface area contributed by atoms with Crippen LogP contribution >= 0.6 is 15.9 Å². The fraction of sp³-hybridized carbons (Fsp3) is 0.0909. The lowest BCUT2D eigenvalue weighted by Crippen LogP contribution is -2.01. The van der Waals surface area contributed by atoms with Crippen molar-refractivity contribution in [2.75, 3.05) is 5.73 Å². The lowest BCUT2D eigenvalue weighted by Gasteiger charge is -2.08. The molecule has 0 saturated heterocycles. The van der Waals surface area contributed by atoms with Crippen LogP contribution in [0.1, 0.15) is 5.82 Å². The van der Waals surface area contributed by atoms with Crippen LogP contribution < -0.4 is 10.5 Å². The van der Waals surface area contributed by atoms with Gasteiger partial charge in [0.25, 0.3) is 0 Å². The predicted molar refractivity (Wildman–Crippen MR) is 64.9 cm³/mol. The van der Waals surface area contributed by atoms with Gasteiger partial charge in [0.05, 0.1) is 4.47 Å². The average Bonchev–Trinajstić information content (AvgIpc) is 2.32. The van der Waals surface area contributed by atoms with Crippen molar-refractivity contribution in [3.8, 4) is 5.75 Å². The summed E-state index contributed by atoms with van der Waals surface area (Å²) in [6, 6.07) is 7.24. The molecule has 0 amide bonds. The molecule has 4 nitrogen and oxygen atoms in total. The maximum absolute atomic E-state index is 5.73. The molecule has 82 valence electrons. The molecule has 1 aromatic carbocycles. The summed E-state index contributed by atoms with van der Waals surface area (Å²) in [6.45, 7) is 0.322. The summed E-state index contributed by atoms with van der Waals surface area (Å²) < 4.78 is 6.31. The first kappa shape index (κ1) is 10.9. The molecule has 0 atom stereocenters. The summed E-state index contributed by atoms with van der Waals surface area (Å²) >= 11 is 3.36. The van der Waals surface area contributed by atoms with Crippen LogP contribution in [0.25, 0.3) is 0 Å². The summed E-state index contributed by atoms with van der Waals surface area (Å²) in [5.74, 6) is 1.32. The molecular formula is C11H10BrN3O.